The van der Waals surface area contributed by atoms with Gasteiger partial charge in [0.05, 0.1) is 13.7 Å². The number of halogens is 1. The molecule has 2 aromatic rings. The molecular weight excluding hydrogens is 308 g/mol. The van der Waals surface area contributed by atoms with Crippen LogP contribution in [-0.2, 0) is 0 Å². The van der Waals surface area contributed by atoms with Crippen LogP contribution in [0.25, 0.3) is 0 Å². The van der Waals surface area contributed by atoms with Gasteiger partial charge in [-0.3, -0.25) is 0 Å². The van der Waals surface area contributed by atoms with Crippen LogP contribution < -0.4 is 9.47 Å². The van der Waals surface area contributed by atoms with Crippen molar-refractivity contribution in [3.8, 4) is 11.5 Å². The topological polar surface area (TPSA) is 18.5 Å². The summed E-state index contributed by atoms with van der Waals surface area (Å²) in [4.78, 5) is 0. The normalized spacial score (nSPS) is 12.3. The van der Waals surface area contributed by atoms with Crippen LogP contribution in [-0.4, -0.2) is 13.7 Å². The minimum absolute atomic E-state index is 0.424. The van der Waals surface area contributed by atoms with Gasteiger partial charge in [-0.15, -0.1) is 0 Å². The van der Waals surface area contributed by atoms with Crippen LogP contribution in [0.1, 0.15) is 50.2 Å². The van der Waals surface area contributed by atoms with Crippen LogP contribution in [0.5, 0.6) is 11.5 Å². The monoisotopic (exact) mass is 332 g/mol. The summed E-state index contributed by atoms with van der Waals surface area (Å²) < 4.78 is 11.4. The Labute approximate surface area is 144 Å². The minimum atomic E-state index is 0.424. The lowest BCUT2D eigenvalue weighted by atomic mass is 9.98. The van der Waals surface area contributed by atoms with Gasteiger partial charge < -0.3 is 9.47 Å². The number of rotatable bonds is 7. The van der Waals surface area contributed by atoms with Gasteiger partial charge in [0.25, 0.3) is 0 Å². The van der Waals surface area contributed by atoms with E-state index in [0.29, 0.717) is 18.4 Å². The van der Waals surface area contributed by atoms with Crippen molar-refractivity contribution in [3.63, 3.8) is 0 Å². The van der Waals surface area contributed by atoms with Gasteiger partial charge in [-0.05, 0) is 53.6 Å². The highest BCUT2D eigenvalue weighted by Crippen LogP contribution is 2.31. The van der Waals surface area contributed by atoms with E-state index < -0.39 is 0 Å². The first-order valence-electron chi connectivity index (χ1n) is 8.07. The lowest BCUT2D eigenvalue weighted by Gasteiger charge is -2.16. The van der Waals surface area contributed by atoms with Crippen molar-refractivity contribution in [2.45, 2.75) is 39.0 Å². The average molecular weight is 333 g/mol. The fourth-order valence-corrected chi connectivity index (χ4v) is 2.59. The van der Waals surface area contributed by atoms with Crippen LogP contribution in [0, 0.1) is 0 Å². The van der Waals surface area contributed by atoms with Gasteiger partial charge in [-0.2, -0.15) is 0 Å². The quantitative estimate of drug-likeness (QED) is 0.615. The molecule has 0 spiro atoms. The molecule has 2 aromatic carbocycles. The van der Waals surface area contributed by atoms with Crippen molar-refractivity contribution in [2.24, 2.45) is 0 Å². The molecule has 0 N–H and O–H groups in total. The van der Waals surface area contributed by atoms with Crippen LogP contribution in [0.3, 0.4) is 0 Å². The number of methoxy groups -OCH3 is 1. The van der Waals surface area contributed by atoms with Gasteiger partial charge >= 0.3 is 0 Å². The molecule has 2 rings (SSSR count). The second kappa shape index (κ2) is 8.26. The van der Waals surface area contributed by atoms with E-state index in [1.807, 2.05) is 18.2 Å². The third kappa shape index (κ3) is 4.90. The lowest BCUT2D eigenvalue weighted by molar-refractivity contribution is 0.281. The van der Waals surface area contributed by atoms with Crippen LogP contribution in [0.4, 0.5) is 0 Å². The first-order chi connectivity index (χ1) is 11.0. The lowest BCUT2D eigenvalue weighted by Crippen LogP contribution is -2.04. The first kappa shape index (κ1) is 17.7. The van der Waals surface area contributed by atoms with Crippen LogP contribution in [0.2, 0.25) is 5.02 Å². The maximum absolute atomic E-state index is 5.93. The predicted octanol–water partition coefficient (Wildman–Crippen LogP) is 6.04. The SMILES string of the molecule is COc1cc(C(C)C)ccc1OCCC(C)c1ccc(Cl)cc1. The van der Waals surface area contributed by atoms with Gasteiger partial charge in [0.1, 0.15) is 0 Å². The molecule has 0 aromatic heterocycles. The Kier molecular flexibility index (Phi) is 6.35. The van der Waals surface area contributed by atoms with Crippen LogP contribution in [0.15, 0.2) is 42.5 Å². The Balaban J connectivity index is 1.94. The third-order valence-corrected chi connectivity index (χ3v) is 4.35. The second-order valence-corrected chi connectivity index (χ2v) is 6.59. The largest absolute Gasteiger partial charge is 0.493 e. The Morgan fingerprint density at radius 1 is 0.913 bits per heavy atom. The van der Waals surface area contributed by atoms with Crippen molar-refractivity contribution < 1.29 is 9.47 Å². The highest BCUT2D eigenvalue weighted by molar-refractivity contribution is 6.30. The highest BCUT2D eigenvalue weighted by Gasteiger charge is 2.10. The highest BCUT2D eigenvalue weighted by atomic mass is 35.5. The zero-order chi connectivity index (χ0) is 16.8. The Morgan fingerprint density at radius 2 is 1.57 bits per heavy atom. The van der Waals surface area contributed by atoms with Gasteiger partial charge in [-0.25, -0.2) is 0 Å². The van der Waals surface area contributed by atoms with E-state index >= 15 is 0 Å². The Morgan fingerprint density at radius 3 is 2.17 bits per heavy atom. The summed E-state index contributed by atoms with van der Waals surface area (Å²) in [5.41, 5.74) is 2.53. The number of hydrogen-bond donors (Lipinski definition) is 0. The van der Waals surface area contributed by atoms with E-state index in [2.05, 4.69) is 45.0 Å². The summed E-state index contributed by atoms with van der Waals surface area (Å²) in [6, 6.07) is 14.2. The fourth-order valence-electron chi connectivity index (χ4n) is 2.47. The summed E-state index contributed by atoms with van der Waals surface area (Å²) in [6.07, 6.45) is 0.941. The Hall–Kier alpha value is -1.67. The van der Waals surface area contributed by atoms with Crippen molar-refractivity contribution in [1.82, 2.24) is 0 Å². The second-order valence-electron chi connectivity index (χ2n) is 6.15. The third-order valence-electron chi connectivity index (χ3n) is 4.10. The number of benzene rings is 2. The molecule has 0 saturated heterocycles. The minimum Gasteiger partial charge on any atom is -0.493 e. The standard InChI is InChI=1S/C20H25ClO2/c1-14(2)17-7-10-19(20(13-17)22-4)23-12-11-15(3)16-5-8-18(21)9-6-16/h5-10,13-15H,11-12H2,1-4H3. The average Bonchev–Trinajstić information content (AvgIpc) is 2.55. The zero-order valence-corrected chi connectivity index (χ0v) is 15.1. The van der Waals surface area contributed by atoms with Crippen molar-refractivity contribution >= 4 is 11.6 Å². The van der Waals surface area contributed by atoms with Crippen molar-refractivity contribution in [2.75, 3.05) is 13.7 Å². The Bertz CT molecular complexity index is 620. The van der Waals surface area contributed by atoms with Crippen molar-refractivity contribution in [3.05, 3.63) is 58.6 Å². The van der Waals surface area contributed by atoms with Crippen LogP contribution >= 0.6 is 11.6 Å². The molecule has 0 heterocycles. The van der Waals surface area contributed by atoms with E-state index in [1.54, 1.807) is 7.11 Å². The van der Waals surface area contributed by atoms with Gasteiger partial charge in [0, 0.05) is 5.02 Å². The first-order valence-corrected chi connectivity index (χ1v) is 8.45. The van der Waals surface area contributed by atoms with E-state index in [4.69, 9.17) is 21.1 Å². The molecule has 2 nitrogen and oxygen atoms in total. The smallest absolute Gasteiger partial charge is 0.161 e. The molecule has 0 saturated carbocycles. The van der Waals surface area contributed by atoms with Gasteiger partial charge in [0.2, 0.25) is 0 Å². The van der Waals surface area contributed by atoms with E-state index in [0.717, 1.165) is 22.9 Å². The number of hydrogen-bond acceptors (Lipinski definition) is 2. The summed E-state index contributed by atoms with van der Waals surface area (Å²) in [6.45, 7) is 7.19. The molecular formula is C20H25ClO2. The van der Waals surface area contributed by atoms with Crippen molar-refractivity contribution in [1.29, 1.82) is 0 Å². The van der Waals surface area contributed by atoms with E-state index in [9.17, 15) is 0 Å². The van der Waals surface area contributed by atoms with E-state index in [-0.39, 0.29) is 0 Å². The molecule has 1 atom stereocenters. The summed E-state index contributed by atoms with van der Waals surface area (Å²) in [7, 11) is 1.68. The zero-order valence-electron chi connectivity index (χ0n) is 14.3. The molecule has 0 radical (unpaired) electrons. The van der Waals surface area contributed by atoms with E-state index in [1.165, 1.54) is 11.1 Å². The molecule has 1 unspecified atom stereocenters. The molecule has 124 valence electrons. The summed E-state index contributed by atoms with van der Waals surface area (Å²) in [5.74, 6) is 2.51. The maximum Gasteiger partial charge on any atom is 0.161 e. The predicted molar refractivity (Wildman–Crippen MR) is 97.1 cm³/mol. The summed E-state index contributed by atoms with van der Waals surface area (Å²) in [5, 5.41) is 0.771. The molecule has 0 aliphatic rings. The molecule has 0 aliphatic carbocycles. The molecule has 0 aliphatic heterocycles. The maximum atomic E-state index is 5.93. The molecule has 0 bridgehead atoms. The molecule has 0 fully saturated rings. The van der Waals surface area contributed by atoms with Gasteiger partial charge in [0.15, 0.2) is 11.5 Å². The number of ether oxygens (including phenoxy) is 2. The van der Waals surface area contributed by atoms with Gasteiger partial charge in [-0.1, -0.05) is 50.6 Å². The molecule has 3 heteroatoms. The fraction of sp³-hybridized carbons (Fsp3) is 0.400. The molecule has 0 amide bonds. The molecule has 23 heavy (non-hydrogen) atoms. The summed E-state index contributed by atoms with van der Waals surface area (Å²) >= 11 is 5.93.